The predicted octanol–water partition coefficient (Wildman–Crippen LogP) is 2.21. The van der Waals surface area contributed by atoms with Crippen LogP contribution in [0.4, 0.5) is 0 Å². The number of rotatable bonds is 19. The first-order chi connectivity index (χ1) is 16.0. The highest BCUT2D eigenvalue weighted by atomic mass is 32.1. The van der Waals surface area contributed by atoms with E-state index in [9.17, 15) is 29.7 Å². The molecule has 3 unspecified atom stereocenters. The maximum absolute atomic E-state index is 13.4. The van der Waals surface area contributed by atoms with E-state index >= 15 is 0 Å². The van der Waals surface area contributed by atoms with Gasteiger partial charge in [0.1, 0.15) is 6.04 Å². The summed E-state index contributed by atoms with van der Waals surface area (Å²) in [7, 11) is 0. The normalized spacial score (nSPS) is 15.4. The van der Waals surface area contributed by atoms with Gasteiger partial charge >= 0.3 is 5.97 Å². The van der Waals surface area contributed by atoms with Gasteiger partial charge in [0.15, 0.2) is 5.54 Å². The summed E-state index contributed by atoms with van der Waals surface area (Å²) in [5.41, 5.74) is 7.58. The molecule has 0 radical (unpaired) electrons. The van der Waals surface area contributed by atoms with Crippen molar-refractivity contribution >= 4 is 30.4 Å². The van der Waals surface area contributed by atoms with Crippen molar-refractivity contribution in [2.45, 2.75) is 121 Å². The van der Waals surface area contributed by atoms with Gasteiger partial charge in [0.2, 0.25) is 11.8 Å². The number of carboxylic acid groups (broad SMARTS) is 1. The molecule has 0 heterocycles. The number of aliphatic hydroxyl groups is 2. The third kappa shape index (κ3) is 8.19. The number of aliphatic hydroxyl groups excluding tert-OH is 1. The van der Waals surface area contributed by atoms with Crippen LogP contribution in [0.1, 0.15) is 97.8 Å². The molecule has 0 saturated carbocycles. The second-order valence-corrected chi connectivity index (χ2v) is 9.52. The zero-order valence-corrected chi connectivity index (χ0v) is 22.1. The van der Waals surface area contributed by atoms with E-state index in [2.05, 4.69) is 12.6 Å². The molecule has 0 bridgehead atoms. The predicted molar refractivity (Wildman–Crippen MR) is 136 cm³/mol. The minimum absolute atomic E-state index is 0.102. The summed E-state index contributed by atoms with van der Waals surface area (Å²) in [5.74, 6) is -3.64. The van der Waals surface area contributed by atoms with Crippen molar-refractivity contribution in [3.8, 4) is 0 Å². The second kappa shape index (κ2) is 16.5. The highest BCUT2D eigenvalue weighted by molar-refractivity contribution is 7.80. The summed E-state index contributed by atoms with van der Waals surface area (Å²) in [5, 5.41) is 32.4. The van der Waals surface area contributed by atoms with Gasteiger partial charge in [-0.05, 0) is 19.3 Å². The van der Waals surface area contributed by atoms with Crippen molar-refractivity contribution in [2.24, 2.45) is 11.5 Å². The van der Waals surface area contributed by atoms with E-state index in [1.165, 1.54) is 0 Å². The average molecular weight is 506 g/mol. The number of carbonyl (C=O) groups is 3. The molecule has 200 valence electrons. The van der Waals surface area contributed by atoms with Crippen molar-refractivity contribution in [1.29, 1.82) is 0 Å². The number of hydrogen-bond acceptors (Lipinski definition) is 8. The smallest absolute Gasteiger partial charge is 0.333 e. The fourth-order valence-corrected chi connectivity index (χ4v) is 4.59. The topological polar surface area (TPSA) is 167 Å². The van der Waals surface area contributed by atoms with Gasteiger partial charge in [-0.1, -0.05) is 78.6 Å². The largest absolute Gasteiger partial charge is 0.479 e. The Morgan fingerprint density at radius 2 is 1.24 bits per heavy atom. The van der Waals surface area contributed by atoms with Crippen LogP contribution >= 0.6 is 12.6 Å². The van der Waals surface area contributed by atoms with Crippen LogP contribution in [0.3, 0.4) is 0 Å². The minimum Gasteiger partial charge on any atom is -0.479 e. The number of carbonyl (C=O) groups excluding carboxylic acids is 2. The number of nitrogens with zero attached hydrogens (tertiary/aromatic N) is 1. The first kappa shape index (κ1) is 32.8. The fourth-order valence-electron chi connectivity index (χ4n) is 4.43. The summed E-state index contributed by atoms with van der Waals surface area (Å²) in [6.07, 6.45) is 6.13. The molecule has 0 rings (SSSR count). The average Bonchev–Trinajstić information content (AvgIpc) is 2.81. The standard InChI is InChI=1S/C24H47N3O6S/c1-4-7-10-13-23(33,14-11-8-5-2)24(22(31)32,15-12-9-6-3)27(20(29)18(25)16-28)21(30)19(26)17-34/h18-19,28,33-34H,4-17,25-26H2,1-3H3,(H,31,32). The monoisotopic (exact) mass is 505 g/mol. The van der Waals surface area contributed by atoms with Crippen molar-refractivity contribution in [1.82, 2.24) is 4.90 Å². The maximum Gasteiger partial charge on any atom is 0.333 e. The molecule has 0 fully saturated rings. The van der Waals surface area contributed by atoms with Crippen LogP contribution in [0, 0.1) is 0 Å². The molecule has 0 aliphatic rings. The van der Waals surface area contributed by atoms with Crippen molar-refractivity contribution in [3.05, 3.63) is 0 Å². The van der Waals surface area contributed by atoms with E-state index in [-0.39, 0.29) is 25.0 Å². The summed E-state index contributed by atoms with van der Waals surface area (Å²) in [4.78, 5) is 40.5. The van der Waals surface area contributed by atoms with Gasteiger partial charge in [-0.2, -0.15) is 12.6 Å². The zero-order chi connectivity index (χ0) is 26.4. The van der Waals surface area contributed by atoms with Gasteiger partial charge in [-0.25, -0.2) is 4.79 Å². The third-order valence-electron chi connectivity index (χ3n) is 6.50. The molecule has 0 spiro atoms. The van der Waals surface area contributed by atoms with Crippen LogP contribution in [0.25, 0.3) is 0 Å². The van der Waals surface area contributed by atoms with Crippen LogP contribution in [0.2, 0.25) is 0 Å². The molecule has 7 N–H and O–H groups in total. The van der Waals surface area contributed by atoms with Crippen LogP contribution in [0.15, 0.2) is 0 Å². The Kier molecular flexibility index (Phi) is 15.9. The third-order valence-corrected chi connectivity index (χ3v) is 6.90. The van der Waals surface area contributed by atoms with Gasteiger partial charge in [0.25, 0.3) is 0 Å². The number of amides is 2. The lowest BCUT2D eigenvalue weighted by Gasteiger charge is -2.51. The zero-order valence-electron chi connectivity index (χ0n) is 21.2. The van der Waals surface area contributed by atoms with Gasteiger partial charge in [0, 0.05) is 5.75 Å². The number of nitrogens with two attached hydrogens (primary N) is 2. The number of thiol groups is 1. The van der Waals surface area contributed by atoms with Gasteiger partial charge in [-0.15, -0.1) is 0 Å². The number of carboxylic acids is 1. The van der Waals surface area contributed by atoms with E-state index in [0.29, 0.717) is 30.6 Å². The number of hydrogen-bond donors (Lipinski definition) is 6. The van der Waals surface area contributed by atoms with Gasteiger partial charge in [-0.3, -0.25) is 14.5 Å². The Morgan fingerprint density at radius 1 is 0.824 bits per heavy atom. The number of aliphatic carboxylic acids is 1. The van der Waals surface area contributed by atoms with E-state index in [1.54, 1.807) is 0 Å². The quantitative estimate of drug-likeness (QED) is 0.115. The highest BCUT2D eigenvalue weighted by Gasteiger charge is 2.62. The Labute approximate surface area is 210 Å². The molecule has 0 aromatic carbocycles. The molecule has 0 aliphatic heterocycles. The van der Waals surface area contributed by atoms with Crippen LogP contribution < -0.4 is 11.5 Å². The van der Waals surface area contributed by atoms with Crippen LogP contribution in [-0.4, -0.2) is 73.6 Å². The van der Waals surface area contributed by atoms with E-state index in [0.717, 1.165) is 32.1 Å². The molecule has 0 saturated heterocycles. The SMILES string of the molecule is CCCCCC(O)(CCCCC)C(CCCCC)(C(=O)O)N(C(=O)C(N)CO)C(=O)C(N)CS. The molecule has 10 heteroatoms. The lowest BCUT2D eigenvalue weighted by molar-refractivity contribution is -0.193. The maximum atomic E-state index is 13.4. The van der Waals surface area contributed by atoms with Crippen LogP contribution in [0.5, 0.6) is 0 Å². The van der Waals surface area contributed by atoms with Crippen LogP contribution in [-0.2, 0) is 14.4 Å². The number of unbranched alkanes of at least 4 members (excludes halogenated alkanes) is 6. The Morgan fingerprint density at radius 3 is 1.59 bits per heavy atom. The van der Waals surface area contributed by atoms with Gasteiger partial charge < -0.3 is 26.8 Å². The molecule has 3 atom stereocenters. The highest BCUT2D eigenvalue weighted by Crippen LogP contribution is 2.42. The molecule has 0 aromatic rings. The summed E-state index contributed by atoms with van der Waals surface area (Å²) in [6, 6.07) is -2.81. The molecular weight excluding hydrogens is 458 g/mol. The molecule has 9 nitrogen and oxygen atoms in total. The summed E-state index contributed by atoms with van der Waals surface area (Å²) >= 11 is 4.06. The van der Waals surface area contributed by atoms with Crippen molar-refractivity contribution in [2.75, 3.05) is 12.4 Å². The Hall–Kier alpha value is -1.20. The Balaban J connectivity index is 7.08. The molecular formula is C24H47N3O6S. The van der Waals surface area contributed by atoms with E-state index in [4.69, 9.17) is 11.5 Å². The molecule has 0 aliphatic carbocycles. The Bertz CT molecular complexity index is 604. The second-order valence-electron chi connectivity index (χ2n) is 9.16. The van der Waals surface area contributed by atoms with Gasteiger partial charge in [0.05, 0.1) is 18.2 Å². The first-order valence-corrected chi connectivity index (χ1v) is 13.2. The summed E-state index contributed by atoms with van der Waals surface area (Å²) in [6.45, 7) is 5.15. The minimum atomic E-state index is -2.27. The molecule has 34 heavy (non-hydrogen) atoms. The lowest BCUT2D eigenvalue weighted by Crippen LogP contribution is -2.74. The van der Waals surface area contributed by atoms with E-state index < -0.39 is 47.6 Å². The molecule has 0 aromatic heterocycles. The first-order valence-electron chi connectivity index (χ1n) is 12.6. The van der Waals surface area contributed by atoms with E-state index in [1.807, 2.05) is 20.8 Å². The summed E-state index contributed by atoms with van der Waals surface area (Å²) < 4.78 is 0. The number of imide groups is 1. The molecule has 2 amide bonds. The lowest BCUT2D eigenvalue weighted by atomic mass is 9.68. The van der Waals surface area contributed by atoms with Crippen molar-refractivity contribution < 1.29 is 29.7 Å². The fraction of sp³-hybridized carbons (Fsp3) is 0.875. The van der Waals surface area contributed by atoms with Crippen molar-refractivity contribution in [3.63, 3.8) is 0 Å².